The predicted octanol–water partition coefficient (Wildman–Crippen LogP) is 2.87. The number of para-hydroxylation sites is 1. The molecule has 0 saturated carbocycles. The smallest absolute Gasteiger partial charge is 0.223 e. The third-order valence-corrected chi connectivity index (χ3v) is 3.64. The van der Waals surface area contributed by atoms with Crippen molar-refractivity contribution >= 4 is 16.8 Å². The highest BCUT2D eigenvalue weighted by molar-refractivity contribution is 5.79. The number of hydrogen-bond donors (Lipinski definition) is 0. The van der Waals surface area contributed by atoms with E-state index in [-0.39, 0.29) is 12.0 Å². The number of ether oxygens (including phenoxy) is 1. The Morgan fingerprint density at radius 1 is 1.29 bits per heavy atom. The summed E-state index contributed by atoms with van der Waals surface area (Å²) in [6.45, 7) is 5.45. The van der Waals surface area contributed by atoms with Crippen LogP contribution in [0.5, 0.6) is 5.88 Å². The van der Waals surface area contributed by atoms with E-state index in [1.165, 1.54) is 0 Å². The fourth-order valence-corrected chi connectivity index (χ4v) is 2.48. The maximum absolute atomic E-state index is 11.9. The zero-order chi connectivity index (χ0) is 14.8. The first-order chi connectivity index (χ1) is 10.1. The number of amides is 1. The molecule has 1 aliphatic heterocycles. The van der Waals surface area contributed by atoms with E-state index in [0.29, 0.717) is 31.3 Å². The number of carbonyl (C=O) groups is 1. The molecular formula is C17H20N2O2. The number of benzene rings is 1. The van der Waals surface area contributed by atoms with E-state index >= 15 is 0 Å². The fourth-order valence-electron chi connectivity index (χ4n) is 2.48. The van der Waals surface area contributed by atoms with Crippen molar-refractivity contribution in [3.05, 3.63) is 36.4 Å². The quantitative estimate of drug-likeness (QED) is 0.867. The summed E-state index contributed by atoms with van der Waals surface area (Å²) < 4.78 is 5.84. The highest BCUT2D eigenvalue weighted by Crippen LogP contribution is 2.21. The zero-order valence-electron chi connectivity index (χ0n) is 12.5. The second-order valence-corrected chi connectivity index (χ2v) is 5.98. The molecule has 0 atom stereocenters. The molecule has 3 rings (SSSR count). The molecule has 1 amide bonds. The number of nitrogens with zero attached hydrogens (tertiary/aromatic N) is 2. The van der Waals surface area contributed by atoms with Gasteiger partial charge >= 0.3 is 0 Å². The Balaban J connectivity index is 1.57. The van der Waals surface area contributed by atoms with Crippen LogP contribution in [-0.4, -0.2) is 35.0 Å². The molecule has 4 nitrogen and oxygen atoms in total. The summed E-state index contributed by atoms with van der Waals surface area (Å²) in [5, 5.41) is 1.10. The number of aromatic nitrogens is 1. The summed E-state index contributed by atoms with van der Waals surface area (Å²) in [6.07, 6.45) is 0.677. The molecular weight excluding hydrogens is 264 g/mol. The van der Waals surface area contributed by atoms with E-state index in [1.54, 1.807) is 0 Å². The van der Waals surface area contributed by atoms with Gasteiger partial charge in [0.15, 0.2) is 0 Å². The number of rotatable bonds is 4. The van der Waals surface area contributed by atoms with Crippen molar-refractivity contribution in [3.63, 3.8) is 0 Å². The maximum Gasteiger partial charge on any atom is 0.223 e. The van der Waals surface area contributed by atoms with Crippen LogP contribution in [0.3, 0.4) is 0 Å². The Morgan fingerprint density at radius 3 is 2.81 bits per heavy atom. The molecule has 1 aliphatic rings. The molecule has 1 fully saturated rings. The fraction of sp³-hybridized carbons (Fsp3) is 0.412. The molecule has 0 aliphatic carbocycles. The third kappa shape index (κ3) is 3.15. The van der Waals surface area contributed by atoms with Crippen molar-refractivity contribution in [2.24, 2.45) is 5.92 Å². The van der Waals surface area contributed by atoms with Crippen molar-refractivity contribution in [2.45, 2.75) is 26.4 Å². The Bertz CT molecular complexity index is 648. The number of likely N-dealkylation sites (tertiary alicyclic amines) is 1. The molecule has 110 valence electrons. The summed E-state index contributed by atoms with van der Waals surface area (Å²) in [7, 11) is 0. The van der Waals surface area contributed by atoms with Gasteiger partial charge in [0.25, 0.3) is 0 Å². The van der Waals surface area contributed by atoms with E-state index in [9.17, 15) is 4.79 Å². The summed E-state index contributed by atoms with van der Waals surface area (Å²) >= 11 is 0. The predicted molar refractivity (Wildman–Crippen MR) is 82.2 cm³/mol. The highest BCUT2D eigenvalue weighted by atomic mass is 16.5. The SMILES string of the molecule is CC(C)CC(=O)N1CC(Oc2ccc3ccccc3n2)C1. The molecule has 21 heavy (non-hydrogen) atoms. The van der Waals surface area contributed by atoms with Crippen LogP contribution in [0.15, 0.2) is 36.4 Å². The van der Waals surface area contributed by atoms with Crippen molar-refractivity contribution in [3.8, 4) is 5.88 Å². The van der Waals surface area contributed by atoms with E-state index in [0.717, 1.165) is 10.9 Å². The Morgan fingerprint density at radius 2 is 2.05 bits per heavy atom. The topological polar surface area (TPSA) is 42.4 Å². The minimum atomic E-state index is 0.0646. The normalized spacial score (nSPS) is 15.3. The van der Waals surface area contributed by atoms with Gasteiger partial charge in [0, 0.05) is 17.9 Å². The van der Waals surface area contributed by atoms with E-state index in [1.807, 2.05) is 41.3 Å². The van der Waals surface area contributed by atoms with Crippen LogP contribution in [-0.2, 0) is 4.79 Å². The Labute approximate surface area is 124 Å². The zero-order valence-corrected chi connectivity index (χ0v) is 12.5. The number of pyridine rings is 1. The van der Waals surface area contributed by atoms with Gasteiger partial charge in [-0.3, -0.25) is 4.79 Å². The van der Waals surface area contributed by atoms with Crippen molar-refractivity contribution in [1.82, 2.24) is 9.88 Å². The standard InChI is InChI=1S/C17H20N2O2/c1-12(2)9-17(20)19-10-14(11-19)21-16-8-7-13-5-3-4-6-15(13)18-16/h3-8,12,14H,9-11H2,1-2H3. The van der Waals surface area contributed by atoms with Crippen LogP contribution in [0.25, 0.3) is 10.9 Å². The molecule has 0 unspecified atom stereocenters. The lowest BCUT2D eigenvalue weighted by Crippen LogP contribution is -2.56. The lowest BCUT2D eigenvalue weighted by Gasteiger charge is -2.39. The lowest BCUT2D eigenvalue weighted by molar-refractivity contribution is -0.140. The molecule has 4 heteroatoms. The molecule has 0 N–H and O–H groups in total. The van der Waals surface area contributed by atoms with Gasteiger partial charge in [-0.25, -0.2) is 4.98 Å². The molecule has 0 radical (unpaired) electrons. The summed E-state index contributed by atoms with van der Waals surface area (Å²) in [5.41, 5.74) is 0.932. The number of carbonyl (C=O) groups excluding carboxylic acids is 1. The second kappa shape index (κ2) is 5.72. The molecule has 2 aromatic rings. The molecule has 1 saturated heterocycles. The van der Waals surface area contributed by atoms with Crippen LogP contribution in [0.2, 0.25) is 0 Å². The van der Waals surface area contributed by atoms with Gasteiger partial charge in [-0.1, -0.05) is 32.0 Å². The Hall–Kier alpha value is -2.10. The summed E-state index contributed by atoms with van der Waals surface area (Å²) in [5.74, 6) is 1.26. The van der Waals surface area contributed by atoms with Crippen LogP contribution in [0.1, 0.15) is 20.3 Å². The van der Waals surface area contributed by atoms with Gasteiger partial charge in [-0.15, -0.1) is 0 Å². The van der Waals surface area contributed by atoms with Crippen LogP contribution in [0, 0.1) is 5.92 Å². The van der Waals surface area contributed by atoms with Crippen LogP contribution in [0.4, 0.5) is 0 Å². The molecule has 2 heterocycles. The van der Waals surface area contributed by atoms with E-state index in [4.69, 9.17) is 4.74 Å². The van der Waals surface area contributed by atoms with Crippen molar-refractivity contribution < 1.29 is 9.53 Å². The Kier molecular flexibility index (Phi) is 3.78. The lowest BCUT2D eigenvalue weighted by atomic mass is 10.1. The number of fused-ring (bicyclic) bond motifs is 1. The first-order valence-electron chi connectivity index (χ1n) is 7.42. The van der Waals surface area contributed by atoms with Gasteiger partial charge in [-0.2, -0.15) is 0 Å². The largest absolute Gasteiger partial charge is 0.471 e. The van der Waals surface area contributed by atoms with Crippen molar-refractivity contribution in [2.75, 3.05) is 13.1 Å². The van der Waals surface area contributed by atoms with Crippen LogP contribution >= 0.6 is 0 Å². The average molecular weight is 284 g/mol. The summed E-state index contributed by atoms with van der Waals surface area (Å²) in [6, 6.07) is 11.9. The minimum absolute atomic E-state index is 0.0646. The number of hydrogen-bond acceptors (Lipinski definition) is 3. The van der Waals surface area contributed by atoms with Gasteiger partial charge in [0.05, 0.1) is 18.6 Å². The van der Waals surface area contributed by atoms with Gasteiger partial charge < -0.3 is 9.64 Å². The second-order valence-electron chi connectivity index (χ2n) is 5.98. The van der Waals surface area contributed by atoms with Gasteiger partial charge in [0.2, 0.25) is 11.8 Å². The van der Waals surface area contributed by atoms with Gasteiger partial charge in [-0.05, 0) is 18.1 Å². The van der Waals surface area contributed by atoms with Crippen molar-refractivity contribution in [1.29, 1.82) is 0 Å². The van der Waals surface area contributed by atoms with Crippen LogP contribution < -0.4 is 4.74 Å². The first-order valence-corrected chi connectivity index (χ1v) is 7.42. The third-order valence-electron chi connectivity index (χ3n) is 3.64. The monoisotopic (exact) mass is 284 g/mol. The minimum Gasteiger partial charge on any atom is -0.471 e. The highest BCUT2D eigenvalue weighted by Gasteiger charge is 2.32. The molecule has 1 aromatic heterocycles. The molecule has 1 aromatic carbocycles. The summed E-state index contributed by atoms with van der Waals surface area (Å²) in [4.78, 5) is 18.2. The molecule has 0 spiro atoms. The first kappa shape index (κ1) is 13.9. The van der Waals surface area contributed by atoms with E-state index < -0.39 is 0 Å². The molecule has 0 bridgehead atoms. The average Bonchev–Trinajstić information content (AvgIpc) is 2.41. The van der Waals surface area contributed by atoms with E-state index in [2.05, 4.69) is 18.8 Å². The van der Waals surface area contributed by atoms with Gasteiger partial charge in [0.1, 0.15) is 6.10 Å². The maximum atomic E-state index is 11.9.